The Morgan fingerprint density at radius 2 is 1.60 bits per heavy atom. The topological polar surface area (TPSA) is 47.6 Å². The third-order valence-electron chi connectivity index (χ3n) is 3.21. The summed E-state index contributed by atoms with van der Waals surface area (Å²) in [5.41, 5.74) is -0.546. The van der Waals surface area contributed by atoms with Gasteiger partial charge in [0.25, 0.3) is 5.91 Å². The Morgan fingerprint density at radius 3 is 2.12 bits per heavy atom. The molecule has 1 N–H and O–H groups in total. The van der Waals surface area contributed by atoms with Crippen LogP contribution in [0.4, 0.5) is 18.9 Å². The molecule has 0 bridgehead atoms. The summed E-state index contributed by atoms with van der Waals surface area (Å²) in [6, 6.07) is 9.12. The minimum atomic E-state index is -4.47. The van der Waals surface area contributed by atoms with E-state index in [0.717, 1.165) is 12.1 Å². The Kier molecular flexibility index (Phi) is 5.90. The minimum Gasteiger partial charge on any atom is -0.494 e. The fraction of sp³-hybridized carbons (Fsp3) is 0.278. The normalized spacial score (nSPS) is 11.1. The van der Waals surface area contributed by atoms with Crippen molar-refractivity contribution in [1.29, 1.82) is 0 Å². The van der Waals surface area contributed by atoms with Gasteiger partial charge in [0.05, 0.1) is 18.8 Å². The average molecular weight is 353 g/mol. The maximum absolute atomic E-state index is 12.8. The first-order valence-electron chi connectivity index (χ1n) is 7.72. The lowest BCUT2D eigenvalue weighted by Crippen LogP contribution is -2.13. The highest BCUT2D eigenvalue weighted by molar-refractivity contribution is 6.04. The standard InChI is InChI=1S/C18H18F3NO3/c1-3-24-15-8-12(9-16(11-15)25-4-2)17(23)22-14-7-5-6-13(10-14)18(19,20)21/h5-11H,3-4H2,1-2H3,(H,22,23). The van der Waals surface area contributed by atoms with Crippen LogP contribution in [0.15, 0.2) is 42.5 Å². The van der Waals surface area contributed by atoms with Crippen molar-refractivity contribution in [2.45, 2.75) is 20.0 Å². The van der Waals surface area contributed by atoms with Crippen molar-refractivity contribution in [1.82, 2.24) is 0 Å². The fourth-order valence-electron chi connectivity index (χ4n) is 2.18. The van der Waals surface area contributed by atoms with Crippen LogP contribution < -0.4 is 14.8 Å². The van der Waals surface area contributed by atoms with E-state index >= 15 is 0 Å². The second-order valence-corrected chi connectivity index (χ2v) is 5.09. The average Bonchev–Trinajstić information content (AvgIpc) is 2.55. The van der Waals surface area contributed by atoms with E-state index in [1.807, 2.05) is 0 Å². The predicted octanol–water partition coefficient (Wildman–Crippen LogP) is 4.76. The van der Waals surface area contributed by atoms with E-state index in [2.05, 4.69) is 5.32 Å². The maximum atomic E-state index is 12.8. The first-order chi connectivity index (χ1) is 11.8. The second-order valence-electron chi connectivity index (χ2n) is 5.09. The van der Waals surface area contributed by atoms with E-state index < -0.39 is 17.6 Å². The van der Waals surface area contributed by atoms with Gasteiger partial charge in [0.15, 0.2) is 0 Å². The third kappa shape index (κ3) is 5.14. The summed E-state index contributed by atoms with van der Waals surface area (Å²) in [4.78, 5) is 12.4. The highest BCUT2D eigenvalue weighted by Crippen LogP contribution is 2.31. The molecule has 0 radical (unpaired) electrons. The Hall–Kier alpha value is -2.70. The first-order valence-corrected chi connectivity index (χ1v) is 7.72. The first kappa shape index (κ1) is 18.6. The molecular formula is C18H18F3NO3. The van der Waals surface area contributed by atoms with Crippen LogP contribution in [0.25, 0.3) is 0 Å². The van der Waals surface area contributed by atoms with Gasteiger partial charge in [-0.25, -0.2) is 0 Å². The molecule has 0 aliphatic carbocycles. The number of hydrogen-bond acceptors (Lipinski definition) is 3. The van der Waals surface area contributed by atoms with E-state index in [1.165, 1.54) is 24.3 Å². The molecule has 2 rings (SSSR count). The van der Waals surface area contributed by atoms with Gasteiger partial charge in [-0.1, -0.05) is 6.07 Å². The highest BCUT2D eigenvalue weighted by atomic mass is 19.4. The summed E-state index contributed by atoms with van der Waals surface area (Å²) >= 11 is 0. The van der Waals surface area contributed by atoms with Crippen molar-refractivity contribution < 1.29 is 27.4 Å². The molecule has 0 spiro atoms. The Morgan fingerprint density at radius 1 is 1.00 bits per heavy atom. The number of anilines is 1. The zero-order valence-corrected chi connectivity index (χ0v) is 13.8. The number of carbonyl (C=O) groups is 1. The number of benzene rings is 2. The molecule has 0 heterocycles. The number of halogens is 3. The lowest BCUT2D eigenvalue weighted by molar-refractivity contribution is -0.137. The van der Waals surface area contributed by atoms with Gasteiger partial charge >= 0.3 is 6.18 Å². The molecular weight excluding hydrogens is 335 g/mol. The molecule has 0 aliphatic heterocycles. The number of hydrogen-bond donors (Lipinski definition) is 1. The predicted molar refractivity (Wildman–Crippen MR) is 88.2 cm³/mol. The zero-order chi connectivity index (χ0) is 18.4. The van der Waals surface area contributed by atoms with Crippen molar-refractivity contribution in [3.05, 3.63) is 53.6 Å². The second kappa shape index (κ2) is 7.92. The van der Waals surface area contributed by atoms with Gasteiger partial charge in [-0.3, -0.25) is 4.79 Å². The monoisotopic (exact) mass is 353 g/mol. The molecule has 0 saturated carbocycles. The lowest BCUT2D eigenvalue weighted by atomic mass is 10.1. The van der Waals surface area contributed by atoms with Gasteiger partial charge in [0.2, 0.25) is 0 Å². The molecule has 0 fully saturated rings. The summed E-state index contributed by atoms with van der Waals surface area (Å²) in [5.74, 6) is 0.340. The molecule has 4 nitrogen and oxygen atoms in total. The molecule has 134 valence electrons. The van der Waals surface area contributed by atoms with E-state index in [0.29, 0.717) is 24.7 Å². The van der Waals surface area contributed by atoms with E-state index in [1.54, 1.807) is 19.9 Å². The van der Waals surface area contributed by atoms with Gasteiger partial charge in [-0.05, 0) is 44.2 Å². The van der Waals surface area contributed by atoms with Crippen LogP contribution in [-0.4, -0.2) is 19.1 Å². The molecule has 0 saturated heterocycles. The van der Waals surface area contributed by atoms with Crippen LogP contribution in [0.3, 0.4) is 0 Å². The summed E-state index contributed by atoms with van der Waals surface area (Å²) in [7, 11) is 0. The number of alkyl halides is 3. The van der Waals surface area contributed by atoms with Crippen molar-refractivity contribution in [3.63, 3.8) is 0 Å². The molecule has 0 aromatic heterocycles. The van der Waals surface area contributed by atoms with Gasteiger partial charge in [-0.2, -0.15) is 13.2 Å². The highest BCUT2D eigenvalue weighted by Gasteiger charge is 2.30. The number of ether oxygens (including phenoxy) is 2. The van der Waals surface area contributed by atoms with Crippen molar-refractivity contribution >= 4 is 11.6 Å². The van der Waals surface area contributed by atoms with Gasteiger partial charge < -0.3 is 14.8 Å². The van der Waals surface area contributed by atoms with Crippen LogP contribution in [0.5, 0.6) is 11.5 Å². The summed E-state index contributed by atoms with van der Waals surface area (Å²) in [6.45, 7) is 4.42. The molecule has 0 atom stereocenters. The largest absolute Gasteiger partial charge is 0.494 e. The summed E-state index contributed by atoms with van der Waals surface area (Å²) in [5, 5.41) is 2.46. The third-order valence-corrected chi connectivity index (χ3v) is 3.21. The number of rotatable bonds is 6. The Labute approximate surface area is 143 Å². The smallest absolute Gasteiger partial charge is 0.416 e. The Balaban J connectivity index is 2.25. The van der Waals surface area contributed by atoms with Crippen molar-refractivity contribution in [2.24, 2.45) is 0 Å². The van der Waals surface area contributed by atoms with E-state index in [9.17, 15) is 18.0 Å². The van der Waals surface area contributed by atoms with E-state index in [4.69, 9.17) is 9.47 Å². The van der Waals surface area contributed by atoms with Crippen LogP contribution in [0.1, 0.15) is 29.8 Å². The molecule has 7 heteroatoms. The Bertz CT molecular complexity index is 720. The van der Waals surface area contributed by atoms with Gasteiger partial charge in [0, 0.05) is 17.3 Å². The fourth-order valence-corrected chi connectivity index (χ4v) is 2.18. The number of nitrogens with one attached hydrogen (secondary N) is 1. The number of amides is 1. The molecule has 25 heavy (non-hydrogen) atoms. The van der Waals surface area contributed by atoms with Gasteiger partial charge in [-0.15, -0.1) is 0 Å². The molecule has 2 aromatic rings. The molecule has 2 aromatic carbocycles. The van der Waals surface area contributed by atoms with E-state index in [-0.39, 0.29) is 11.3 Å². The lowest BCUT2D eigenvalue weighted by Gasteiger charge is -2.12. The quantitative estimate of drug-likeness (QED) is 0.815. The van der Waals surface area contributed by atoms with Crippen molar-refractivity contribution in [2.75, 3.05) is 18.5 Å². The SMILES string of the molecule is CCOc1cc(OCC)cc(C(=O)Nc2cccc(C(F)(F)F)c2)c1. The van der Waals surface area contributed by atoms with Crippen LogP contribution in [-0.2, 0) is 6.18 Å². The van der Waals surface area contributed by atoms with Crippen LogP contribution in [0.2, 0.25) is 0 Å². The maximum Gasteiger partial charge on any atom is 0.416 e. The molecule has 0 unspecified atom stereocenters. The minimum absolute atomic E-state index is 0.0552. The van der Waals surface area contributed by atoms with Crippen LogP contribution >= 0.6 is 0 Å². The van der Waals surface area contributed by atoms with Crippen molar-refractivity contribution in [3.8, 4) is 11.5 Å². The summed E-state index contributed by atoms with van der Waals surface area (Å²) in [6.07, 6.45) is -4.47. The zero-order valence-electron chi connectivity index (χ0n) is 13.8. The van der Waals surface area contributed by atoms with Crippen LogP contribution in [0, 0.1) is 0 Å². The van der Waals surface area contributed by atoms with Gasteiger partial charge in [0.1, 0.15) is 11.5 Å². The molecule has 0 aliphatic rings. The summed E-state index contributed by atoms with van der Waals surface area (Å²) < 4.78 is 49.1. The molecule has 1 amide bonds. The number of carbonyl (C=O) groups excluding carboxylic acids is 1.